The maximum absolute atomic E-state index is 12.8. The molecule has 118 valence electrons. The van der Waals surface area contributed by atoms with E-state index in [4.69, 9.17) is 0 Å². The lowest BCUT2D eigenvalue weighted by Gasteiger charge is -2.42. The number of aromatic hydroxyl groups is 1. The highest BCUT2D eigenvalue weighted by molar-refractivity contribution is 5.38. The maximum Gasteiger partial charge on any atom is 0.419 e. The molecule has 0 saturated carbocycles. The van der Waals surface area contributed by atoms with Crippen LogP contribution in [0, 0.1) is 0 Å². The zero-order valence-electron chi connectivity index (χ0n) is 12.5. The molecule has 21 heavy (non-hydrogen) atoms. The number of alkyl halides is 3. The number of phenols is 1. The summed E-state index contributed by atoms with van der Waals surface area (Å²) in [6.45, 7) is 6.33. The summed E-state index contributed by atoms with van der Waals surface area (Å²) in [5.74, 6) is -0.716. The minimum absolute atomic E-state index is 0.368. The number of halogens is 3. The number of nitrogens with zero attached hydrogens (tertiary/aromatic N) is 2. The van der Waals surface area contributed by atoms with E-state index in [0.717, 1.165) is 25.2 Å². The topological polar surface area (TPSA) is 26.7 Å². The molecule has 2 rings (SSSR count). The SMILES string of the molecule is CC1CN(Cc2ccc(O)c(C(F)(F)F)c2)CC(C)N1C. The van der Waals surface area contributed by atoms with Gasteiger partial charge in [-0.05, 0) is 38.6 Å². The highest BCUT2D eigenvalue weighted by Gasteiger charge is 2.34. The Morgan fingerprint density at radius 3 is 2.29 bits per heavy atom. The van der Waals surface area contributed by atoms with Gasteiger partial charge in [-0.1, -0.05) is 6.07 Å². The monoisotopic (exact) mass is 302 g/mol. The van der Waals surface area contributed by atoms with Crippen molar-refractivity contribution in [2.24, 2.45) is 0 Å². The van der Waals surface area contributed by atoms with Crippen molar-refractivity contribution >= 4 is 0 Å². The van der Waals surface area contributed by atoms with Crippen molar-refractivity contribution in [1.29, 1.82) is 0 Å². The van der Waals surface area contributed by atoms with E-state index in [1.54, 1.807) is 6.07 Å². The van der Waals surface area contributed by atoms with E-state index in [1.807, 2.05) is 0 Å². The molecule has 1 saturated heterocycles. The fourth-order valence-electron chi connectivity index (χ4n) is 2.81. The number of hydrogen-bond acceptors (Lipinski definition) is 3. The summed E-state index contributed by atoms with van der Waals surface area (Å²) >= 11 is 0. The van der Waals surface area contributed by atoms with E-state index in [2.05, 4.69) is 30.7 Å². The quantitative estimate of drug-likeness (QED) is 0.910. The first-order valence-electron chi connectivity index (χ1n) is 7.02. The predicted octanol–water partition coefficient (Wildman–Crippen LogP) is 2.94. The van der Waals surface area contributed by atoms with E-state index >= 15 is 0 Å². The van der Waals surface area contributed by atoms with Gasteiger partial charge in [-0.2, -0.15) is 13.2 Å². The van der Waals surface area contributed by atoms with Crippen LogP contribution in [0.5, 0.6) is 5.75 Å². The first-order valence-corrected chi connectivity index (χ1v) is 7.02. The fraction of sp³-hybridized carbons (Fsp3) is 0.600. The largest absolute Gasteiger partial charge is 0.507 e. The van der Waals surface area contributed by atoms with E-state index in [1.165, 1.54) is 0 Å². The third-order valence-corrected chi connectivity index (χ3v) is 4.21. The Labute approximate surface area is 123 Å². The minimum Gasteiger partial charge on any atom is -0.507 e. The normalized spacial score (nSPS) is 25.2. The first kappa shape index (κ1) is 16.1. The molecule has 1 heterocycles. The van der Waals surface area contributed by atoms with Crippen LogP contribution in [0.4, 0.5) is 13.2 Å². The number of benzene rings is 1. The Morgan fingerprint density at radius 1 is 1.19 bits per heavy atom. The molecule has 0 amide bonds. The molecule has 0 radical (unpaired) electrons. The van der Waals surface area contributed by atoms with Crippen LogP contribution in [-0.2, 0) is 12.7 Å². The third-order valence-electron chi connectivity index (χ3n) is 4.21. The molecule has 3 nitrogen and oxygen atoms in total. The van der Waals surface area contributed by atoms with Crippen molar-refractivity contribution in [2.75, 3.05) is 20.1 Å². The lowest BCUT2D eigenvalue weighted by Crippen LogP contribution is -2.54. The molecule has 6 heteroatoms. The highest BCUT2D eigenvalue weighted by Crippen LogP contribution is 2.36. The second-order valence-electron chi connectivity index (χ2n) is 5.91. The second-order valence-corrected chi connectivity index (χ2v) is 5.91. The number of piperazine rings is 1. The molecule has 0 spiro atoms. The molecule has 0 aliphatic carbocycles. The maximum atomic E-state index is 12.8. The van der Waals surface area contributed by atoms with Crippen molar-refractivity contribution in [3.63, 3.8) is 0 Å². The summed E-state index contributed by atoms with van der Waals surface area (Å²) in [6.07, 6.45) is -4.53. The van der Waals surface area contributed by atoms with Gasteiger partial charge in [0.1, 0.15) is 5.75 Å². The molecule has 1 N–H and O–H groups in total. The number of hydrogen-bond donors (Lipinski definition) is 1. The van der Waals surface area contributed by atoms with Gasteiger partial charge < -0.3 is 5.11 Å². The molecule has 2 unspecified atom stereocenters. The summed E-state index contributed by atoms with van der Waals surface area (Å²) in [5, 5.41) is 9.36. The predicted molar refractivity (Wildman–Crippen MR) is 75.1 cm³/mol. The van der Waals surface area contributed by atoms with E-state index in [9.17, 15) is 18.3 Å². The Hall–Kier alpha value is -1.27. The van der Waals surface area contributed by atoms with E-state index in [-0.39, 0.29) is 0 Å². The first-order chi connectivity index (χ1) is 9.68. The van der Waals surface area contributed by atoms with Gasteiger partial charge >= 0.3 is 6.18 Å². The van der Waals surface area contributed by atoms with Gasteiger partial charge in [0, 0.05) is 31.7 Å². The van der Waals surface area contributed by atoms with Crippen molar-refractivity contribution < 1.29 is 18.3 Å². The van der Waals surface area contributed by atoms with Gasteiger partial charge in [0.05, 0.1) is 5.56 Å². The van der Waals surface area contributed by atoms with Crippen molar-refractivity contribution in [3.05, 3.63) is 29.3 Å². The molecular formula is C15H21F3N2O. The lowest BCUT2D eigenvalue weighted by molar-refractivity contribution is -0.138. The third kappa shape index (κ3) is 3.68. The summed E-state index contributed by atoms with van der Waals surface area (Å²) in [7, 11) is 2.06. The Balaban J connectivity index is 2.14. The molecule has 1 aliphatic heterocycles. The van der Waals surface area contributed by atoms with Gasteiger partial charge in [0.2, 0.25) is 0 Å². The average molecular weight is 302 g/mol. The van der Waals surface area contributed by atoms with Crippen molar-refractivity contribution in [2.45, 2.75) is 38.7 Å². The summed E-state index contributed by atoms with van der Waals surface area (Å²) in [4.78, 5) is 4.43. The van der Waals surface area contributed by atoms with Crippen LogP contribution in [0.25, 0.3) is 0 Å². The van der Waals surface area contributed by atoms with Crippen LogP contribution in [-0.4, -0.2) is 47.1 Å². The number of phenolic OH excluding ortho intramolecular Hbond substituents is 1. The van der Waals surface area contributed by atoms with Crippen LogP contribution < -0.4 is 0 Å². The molecule has 1 aromatic carbocycles. The van der Waals surface area contributed by atoms with Gasteiger partial charge in [-0.15, -0.1) is 0 Å². The summed E-state index contributed by atoms with van der Waals surface area (Å²) < 4.78 is 38.4. The molecule has 0 aromatic heterocycles. The van der Waals surface area contributed by atoms with Crippen LogP contribution >= 0.6 is 0 Å². The lowest BCUT2D eigenvalue weighted by atomic mass is 10.1. The fourth-order valence-corrected chi connectivity index (χ4v) is 2.81. The zero-order chi connectivity index (χ0) is 15.8. The zero-order valence-corrected chi connectivity index (χ0v) is 12.5. The van der Waals surface area contributed by atoms with Crippen molar-refractivity contribution in [3.8, 4) is 5.75 Å². The Kier molecular flexibility index (Phi) is 4.49. The van der Waals surface area contributed by atoms with Crippen LogP contribution in [0.15, 0.2) is 18.2 Å². The van der Waals surface area contributed by atoms with E-state index < -0.39 is 17.5 Å². The van der Waals surface area contributed by atoms with Gasteiger partial charge in [0.15, 0.2) is 0 Å². The average Bonchev–Trinajstić information content (AvgIpc) is 2.37. The summed E-state index contributed by atoms with van der Waals surface area (Å²) in [5.41, 5.74) is -0.390. The van der Waals surface area contributed by atoms with Crippen LogP contribution in [0.2, 0.25) is 0 Å². The molecule has 1 aromatic rings. The molecule has 0 bridgehead atoms. The molecule has 1 fully saturated rings. The van der Waals surface area contributed by atoms with Crippen LogP contribution in [0.1, 0.15) is 25.0 Å². The van der Waals surface area contributed by atoms with Crippen LogP contribution in [0.3, 0.4) is 0 Å². The smallest absolute Gasteiger partial charge is 0.419 e. The Morgan fingerprint density at radius 2 is 1.76 bits per heavy atom. The molecule has 1 aliphatic rings. The van der Waals surface area contributed by atoms with Crippen molar-refractivity contribution in [1.82, 2.24) is 9.80 Å². The molecular weight excluding hydrogens is 281 g/mol. The second kappa shape index (κ2) is 5.85. The number of rotatable bonds is 2. The van der Waals surface area contributed by atoms with Gasteiger partial charge in [-0.25, -0.2) is 0 Å². The standard InChI is InChI=1S/C15H21F3N2O/c1-10-7-20(8-11(2)19(10)3)9-12-4-5-14(21)13(6-12)15(16,17)18/h4-6,10-11,21H,7-9H2,1-3H3. The molecule has 2 atom stereocenters. The van der Waals surface area contributed by atoms with Gasteiger partial charge in [-0.3, -0.25) is 9.80 Å². The summed E-state index contributed by atoms with van der Waals surface area (Å²) in [6, 6.07) is 4.46. The number of likely N-dealkylation sites (N-methyl/N-ethyl adjacent to an activating group) is 1. The Bertz CT molecular complexity index is 492. The van der Waals surface area contributed by atoms with E-state index in [0.29, 0.717) is 24.2 Å². The highest BCUT2D eigenvalue weighted by atomic mass is 19.4. The van der Waals surface area contributed by atoms with Gasteiger partial charge in [0.25, 0.3) is 0 Å². The minimum atomic E-state index is -4.53.